The first kappa shape index (κ1) is 20.5. The van der Waals surface area contributed by atoms with Gasteiger partial charge in [-0.2, -0.15) is 20.1 Å². The Kier molecular flexibility index (Phi) is 5.08. The van der Waals surface area contributed by atoms with E-state index in [1.807, 2.05) is 97.1 Å². The number of ketones is 1. The Balaban J connectivity index is 1.35. The molecule has 1 heterocycles. The number of aromatic nitrogens is 3. The van der Waals surface area contributed by atoms with Crippen LogP contribution in [0.25, 0.3) is 10.8 Å². The van der Waals surface area contributed by atoms with Gasteiger partial charge in [-0.3, -0.25) is 4.79 Å². The van der Waals surface area contributed by atoms with Crippen LogP contribution in [0.3, 0.4) is 0 Å². The molecule has 0 saturated heterocycles. The van der Waals surface area contributed by atoms with Crippen molar-refractivity contribution in [2.24, 2.45) is 5.10 Å². The second-order valence-corrected chi connectivity index (χ2v) is 7.90. The summed E-state index contributed by atoms with van der Waals surface area (Å²) in [7, 11) is 0. The van der Waals surface area contributed by atoms with Crippen molar-refractivity contribution in [3.05, 3.63) is 108 Å². The monoisotopic (exact) mass is 457 g/mol. The molecule has 0 bridgehead atoms. The smallest absolute Gasteiger partial charge is 0.250 e. The van der Waals surface area contributed by atoms with E-state index in [0.29, 0.717) is 23.2 Å². The Morgan fingerprint density at radius 1 is 0.571 bits per heavy atom. The van der Waals surface area contributed by atoms with Crippen LogP contribution in [0.4, 0.5) is 29.2 Å². The van der Waals surface area contributed by atoms with E-state index >= 15 is 0 Å². The summed E-state index contributed by atoms with van der Waals surface area (Å²) < 4.78 is 0. The second-order valence-electron chi connectivity index (χ2n) is 7.90. The van der Waals surface area contributed by atoms with Crippen LogP contribution < -0.4 is 16.1 Å². The van der Waals surface area contributed by atoms with Gasteiger partial charge in [-0.1, -0.05) is 72.8 Å². The van der Waals surface area contributed by atoms with Crippen LogP contribution in [0.5, 0.6) is 0 Å². The van der Waals surface area contributed by atoms with Gasteiger partial charge in [0.15, 0.2) is 0 Å². The predicted octanol–water partition coefficient (Wildman–Crippen LogP) is 5.52. The first-order valence-electron chi connectivity index (χ1n) is 11.1. The average Bonchev–Trinajstić information content (AvgIpc) is 3.16. The number of hydrazone groups is 1. The number of nitrogens with zero attached hydrogens (tertiary/aromatic N) is 4. The summed E-state index contributed by atoms with van der Waals surface area (Å²) in [5.74, 6) is 0.717. The number of rotatable bonds is 6. The molecule has 1 aliphatic rings. The van der Waals surface area contributed by atoms with Crippen molar-refractivity contribution in [3.63, 3.8) is 0 Å². The highest BCUT2D eigenvalue weighted by molar-refractivity contribution is 6.59. The Labute approximate surface area is 200 Å². The lowest BCUT2D eigenvalue weighted by Crippen LogP contribution is -2.13. The standard InChI is InChI=1S/C27H19N7O/c35-24-21-16-8-10-17-9-7-15-20(22(17)21)23(24)33-34-27-31-25(28-18-11-3-1-4-12-18)30-26(32-27)29-19-13-5-2-6-14-19/h1-16H,(H3,28,29,30,31,32,34). The van der Waals surface area contributed by atoms with Crippen molar-refractivity contribution in [2.45, 2.75) is 0 Å². The number of hydrogen-bond acceptors (Lipinski definition) is 8. The third kappa shape index (κ3) is 4.04. The maximum Gasteiger partial charge on any atom is 0.250 e. The van der Waals surface area contributed by atoms with Crippen molar-refractivity contribution in [1.82, 2.24) is 15.0 Å². The summed E-state index contributed by atoms with van der Waals surface area (Å²) in [5, 5.41) is 12.7. The van der Waals surface area contributed by atoms with Gasteiger partial charge in [-0.25, -0.2) is 5.43 Å². The van der Waals surface area contributed by atoms with Crippen LogP contribution in [-0.2, 0) is 0 Å². The van der Waals surface area contributed by atoms with Gasteiger partial charge in [-0.15, -0.1) is 0 Å². The van der Waals surface area contributed by atoms with E-state index in [4.69, 9.17) is 0 Å². The summed E-state index contributed by atoms with van der Waals surface area (Å²) in [4.78, 5) is 26.5. The fourth-order valence-electron chi connectivity index (χ4n) is 4.03. The van der Waals surface area contributed by atoms with Crippen molar-refractivity contribution < 1.29 is 4.79 Å². The normalized spacial score (nSPS) is 13.3. The lowest BCUT2D eigenvalue weighted by molar-refractivity contribution is 0.107. The van der Waals surface area contributed by atoms with Gasteiger partial charge in [0.2, 0.25) is 23.6 Å². The molecule has 0 radical (unpaired) electrons. The number of hydrogen-bond donors (Lipinski definition) is 3. The molecule has 8 nitrogen and oxygen atoms in total. The fraction of sp³-hybridized carbons (Fsp3) is 0. The minimum atomic E-state index is -0.136. The number of anilines is 5. The van der Waals surface area contributed by atoms with Crippen molar-refractivity contribution in [2.75, 3.05) is 16.1 Å². The molecule has 1 aromatic heterocycles. The van der Waals surface area contributed by atoms with Gasteiger partial charge >= 0.3 is 0 Å². The third-order valence-corrected chi connectivity index (χ3v) is 5.58. The highest BCUT2D eigenvalue weighted by Crippen LogP contribution is 2.31. The summed E-state index contributed by atoms with van der Waals surface area (Å²) in [6, 6.07) is 30.7. The number of Topliss-reactive ketones (excluding diaryl/α,β-unsaturated/α-hetero) is 1. The average molecular weight is 457 g/mol. The third-order valence-electron chi connectivity index (χ3n) is 5.58. The Hall–Kier alpha value is -5.11. The van der Waals surface area contributed by atoms with E-state index in [2.05, 4.69) is 36.1 Å². The van der Waals surface area contributed by atoms with Gasteiger partial charge in [-0.05, 0) is 29.7 Å². The SMILES string of the molecule is O=C1C(=NNc2nc(Nc3ccccc3)nc(Nc3ccccc3)n2)c2cccc3cccc1c23. The fourth-order valence-corrected chi connectivity index (χ4v) is 4.03. The number of benzene rings is 4. The van der Waals surface area contributed by atoms with Crippen LogP contribution in [0.2, 0.25) is 0 Å². The molecule has 0 aliphatic heterocycles. The van der Waals surface area contributed by atoms with Crippen LogP contribution in [-0.4, -0.2) is 26.4 Å². The molecule has 4 aromatic carbocycles. The highest BCUT2D eigenvalue weighted by atomic mass is 16.1. The largest absolute Gasteiger partial charge is 0.324 e. The molecule has 3 N–H and O–H groups in total. The van der Waals surface area contributed by atoms with E-state index in [9.17, 15) is 4.79 Å². The molecule has 5 aromatic rings. The molecule has 0 fully saturated rings. The molecule has 0 amide bonds. The first-order chi connectivity index (χ1) is 17.2. The van der Waals surface area contributed by atoms with Crippen molar-refractivity contribution in [1.29, 1.82) is 0 Å². The molecule has 6 rings (SSSR count). The molecule has 168 valence electrons. The van der Waals surface area contributed by atoms with Crippen molar-refractivity contribution >= 4 is 51.5 Å². The number of para-hydroxylation sites is 2. The summed E-state index contributed by atoms with van der Waals surface area (Å²) in [6.07, 6.45) is 0. The van der Waals surface area contributed by atoms with Gasteiger partial charge in [0.05, 0.1) is 0 Å². The topological polar surface area (TPSA) is 104 Å². The zero-order valence-electron chi connectivity index (χ0n) is 18.4. The minimum Gasteiger partial charge on any atom is -0.324 e. The summed E-state index contributed by atoms with van der Waals surface area (Å²) in [6.45, 7) is 0. The Morgan fingerprint density at radius 3 is 1.71 bits per heavy atom. The van der Waals surface area contributed by atoms with E-state index in [1.165, 1.54) is 0 Å². The summed E-state index contributed by atoms with van der Waals surface area (Å²) >= 11 is 0. The number of carbonyl (C=O) groups is 1. The molecule has 0 spiro atoms. The molecule has 8 heteroatoms. The Morgan fingerprint density at radius 2 is 1.11 bits per heavy atom. The molecular formula is C27H19N7O. The molecule has 0 saturated carbocycles. The second kappa shape index (κ2) is 8.68. The minimum absolute atomic E-state index is 0.136. The molecule has 1 aliphatic carbocycles. The quantitative estimate of drug-likeness (QED) is 0.288. The lowest BCUT2D eigenvalue weighted by atomic mass is 10.1. The first-order valence-corrected chi connectivity index (χ1v) is 11.1. The Bertz CT molecular complexity index is 1520. The molecule has 0 atom stereocenters. The zero-order chi connectivity index (χ0) is 23.6. The molecular weight excluding hydrogens is 438 g/mol. The summed E-state index contributed by atoms with van der Waals surface area (Å²) in [5.41, 5.74) is 6.29. The van der Waals surface area contributed by atoms with E-state index < -0.39 is 0 Å². The van der Waals surface area contributed by atoms with Crippen LogP contribution in [0, 0.1) is 0 Å². The lowest BCUT2D eigenvalue weighted by Gasteiger charge is -2.10. The number of carbonyl (C=O) groups excluding carboxylic acids is 1. The molecule has 35 heavy (non-hydrogen) atoms. The predicted molar refractivity (Wildman–Crippen MR) is 138 cm³/mol. The maximum absolute atomic E-state index is 13.1. The van der Waals surface area contributed by atoms with Crippen LogP contribution in [0.15, 0.2) is 102 Å². The van der Waals surface area contributed by atoms with Crippen LogP contribution in [0.1, 0.15) is 15.9 Å². The van der Waals surface area contributed by atoms with Gasteiger partial charge in [0, 0.05) is 27.9 Å². The highest BCUT2D eigenvalue weighted by Gasteiger charge is 2.28. The van der Waals surface area contributed by atoms with E-state index in [-0.39, 0.29) is 11.7 Å². The zero-order valence-corrected chi connectivity index (χ0v) is 18.4. The molecule has 0 unspecified atom stereocenters. The number of nitrogens with one attached hydrogen (secondary N) is 3. The maximum atomic E-state index is 13.1. The van der Waals surface area contributed by atoms with Gasteiger partial charge in [0.1, 0.15) is 5.71 Å². The van der Waals surface area contributed by atoms with Gasteiger partial charge < -0.3 is 10.6 Å². The van der Waals surface area contributed by atoms with E-state index in [1.54, 1.807) is 0 Å². The van der Waals surface area contributed by atoms with Crippen molar-refractivity contribution in [3.8, 4) is 0 Å². The van der Waals surface area contributed by atoms with Gasteiger partial charge in [0.25, 0.3) is 0 Å². The van der Waals surface area contributed by atoms with Crippen LogP contribution >= 0.6 is 0 Å². The van der Waals surface area contributed by atoms with E-state index in [0.717, 1.165) is 27.7 Å².